The van der Waals surface area contributed by atoms with Crippen molar-refractivity contribution in [2.75, 3.05) is 13.2 Å². The molecule has 0 N–H and O–H groups in total. The number of Topliss-reactive ketones (excluding diaryl/α,β-unsaturated/α-hetero) is 1. The van der Waals surface area contributed by atoms with Gasteiger partial charge in [0.15, 0.2) is 17.3 Å². The lowest BCUT2D eigenvalue weighted by Gasteiger charge is -2.15. The fourth-order valence-electron chi connectivity index (χ4n) is 2.88. The first-order valence-electron chi connectivity index (χ1n) is 9.66. The van der Waals surface area contributed by atoms with E-state index in [4.69, 9.17) is 9.47 Å². The van der Waals surface area contributed by atoms with Crippen LogP contribution in [0.4, 0.5) is 4.79 Å². The Labute approximate surface area is 179 Å². The highest BCUT2D eigenvalue weighted by Crippen LogP contribution is 2.35. The summed E-state index contributed by atoms with van der Waals surface area (Å²) in [5, 5.41) is -0.458. The van der Waals surface area contributed by atoms with Gasteiger partial charge in [-0.1, -0.05) is 36.4 Å². The van der Waals surface area contributed by atoms with Crippen molar-refractivity contribution in [1.82, 2.24) is 4.90 Å². The Balaban J connectivity index is 1.79. The Morgan fingerprint density at radius 1 is 1.10 bits per heavy atom. The molecule has 2 aromatic carbocycles. The second-order valence-corrected chi connectivity index (χ2v) is 7.86. The number of hydrogen-bond donors (Lipinski definition) is 0. The zero-order valence-electron chi connectivity index (χ0n) is 17.1. The van der Waals surface area contributed by atoms with E-state index in [0.29, 0.717) is 29.2 Å². The maximum absolute atomic E-state index is 12.7. The number of rotatable bonds is 8. The van der Waals surface area contributed by atoms with Crippen molar-refractivity contribution >= 4 is 34.8 Å². The van der Waals surface area contributed by atoms with Gasteiger partial charge in [0.05, 0.1) is 24.2 Å². The van der Waals surface area contributed by atoms with Crippen LogP contribution in [0.2, 0.25) is 0 Å². The normalized spacial score (nSPS) is 15.2. The van der Waals surface area contributed by atoms with Crippen molar-refractivity contribution < 1.29 is 23.9 Å². The van der Waals surface area contributed by atoms with Crippen LogP contribution in [0.25, 0.3) is 6.08 Å². The number of ketones is 1. The van der Waals surface area contributed by atoms with Gasteiger partial charge >= 0.3 is 0 Å². The number of nitrogens with zero attached hydrogens (tertiary/aromatic N) is 1. The molecule has 1 saturated heterocycles. The van der Waals surface area contributed by atoms with Crippen LogP contribution in [0.3, 0.4) is 0 Å². The summed E-state index contributed by atoms with van der Waals surface area (Å²) in [4.78, 5) is 38.7. The van der Waals surface area contributed by atoms with Gasteiger partial charge in [0.25, 0.3) is 11.1 Å². The van der Waals surface area contributed by atoms with Crippen LogP contribution in [-0.2, 0) is 4.79 Å². The van der Waals surface area contributed by atoms with Crippen LogP contribution >= 0.6 is 11.8 Å². The SMILES string of the molecule is CCOc1cc(/C=C2/SC(=O)N(CC(=O)c3ccccc3)C2=O)ccc1OC(C)C. The Morgan fingerprint density at radius 3 is 2.50 bits per heavy atom. The molecule has 1 aliphatic heterocycles. The minimum Gasteiger partial charge on any atom is -0.490 e. The molecule has 1 aliphatic rings. The van der Waals surface area contributed by atoms with Gasteiger partial charge < -0.3 is 9.47 Å². The minimum atomic E-state index is -0.477. The third kappa shape index (κ3) is 5.10. The monoisotopic (exact) mass is 425 g/mol. The Bertz CT molecular complexity index is 984. The van der Waals surface area contributed by atoms with Gasteiger partial charge in [0.1, 0.15) is 0 Å². The maximum Gasteiger partial charge on any atom is 0.293 e. The molecule has 0 radical (unpaired) electrons. The summed E-state index contributed by atoms with van der Waals surface area (Å²) in [6.45, 7) is 5.92. The van der Waals surface area contributed by atoms with E-state index >= 15 is 0 Å². The molecule has 156 valence electrons. The molecule has 3 rings (SSSR count). The molecule has 1 heterocycles. The second kappa shape index (κ2) is 9.63. The molecule has 2 amide bonds. The minimum absolute atomic E-state index is 0.00583. The average Bonchev–Trinajstić information content (AvgIpc) is 2.98. The summed E-state index contributed by atoms with van der Waals surface area (Å²) in [7, 11) is 0. The molecule has 0 unspecified atom stereocenters. The third-order valence-electron chi connectivity index (χ3n) is 4.20. The summed E-state index contributed by atoms with van der Waals surface area (Å²) in [6.07, 6.45) is 1.62. The molecule has 2 aromatic rings. The molecule has 0 saturated carbocycles. The maximum atomic E-state index is 12.7. The van der Waals surface area contributed by atoms with E-state index in [1.807, 2.05) is 20.8 Å². The summed E-state index contributed by atoms with van der Waals surface area (Å²) in [5.41, 5.74) is 1.16. The first kappa shape index (κ1) is 21.6. The molecule has 0 bridgehead atoms. The lowest BCUT2D eigenvalue weighted by molar-refractivity contribution is -0.122. The molecule has 0 spiro atoms. The highest BCUT2D eigenvalue weighted by Gasteiger charge is 2.36. The topological polar surface area (TPSA) is 72.9 Å². The van der Waals surface area contributed by atoms with Gasteiger partial charge in [0, 0.05) is 5.56 Å². The summed E-state index contributed by atoms with van der Waals surface area (Å²) in [5.74, 6) is 0.423. The largest absolute Gasteiger partial charge is 0.490 e. The smallest absolute Gasteiger partial charge is 0.293 e. The number of thioether (sulfide) groups is 1. The van der Waals surface area contributed by atoms with Gasteiger partial charge in [-0.05, 0) is 56.3 Å². The fraction of sp³-hybridized carbons (Fsp3) is 0.261. The highest BCUT2D eigenvalue weighted by atomic mass is 32.2. The van der Waals surface area contributed by atoms with E-state index in [1.165, 1.54) is 0 Å². The predicted molar refractivity (Wildman–Crippen MR) is 117 cm³/mol. The van der Waals surface area contributed by atoms with Crippen molar-refractivity contribution in [3.8, 4) is 11.5 Å². The molecule has 7 heteroatoms. The van der Waals surface area contributed by atoms with Gasteiger partial charge in [0.2, 0.25) is 0 Å². The van der Waals surface area contributed by atoms with Crippen LogP contribution in [-0.4, -0.2) is 41.1 Å². The summed E-state index contributed by atoms with van der Waals surface area (Å²) in [6, 6.07) is 13.9. The summed E-state index contributed by atoms with van der Waals surface area (Å²) < 4.78 is 11.4. The quantitative estimate of drug-likeness (QED) is 0.447. The first-order valence-corrected chi connectivity index (χ1v) is 10.5. The zero-order valence-corrected chi connectivity index (χ0v) is 17.9. The Morgan fingerprint density at radius 2 is 1.83 bits per heavy atom. The number of benzene rings is 2. The van der Waals surface area contributed by atoms with E-state index in [-0.39, 0.29) is 23.3 Å². The van der Waals surface area contributed by atoms with Gasteiger partial charge in [-0.2, -0.15) is 0 Å². The van der Waals surface area contributed by atoms with Gasteiger partial charge in [-0.3, -0.25) is 19.3 Å². The second-order valence-electron chi connectivity index (χ2n) is 6.86. The van der Waals surface area contributed by atoms with E-state index < -0.39 is 11.1 Å². The zero-order chi connectivity index (χ0) is 21.7. The molecular formula is C23H23NO5S. The lowest BCUT2D eigenvalue weighted by Crippen LogP contribution is -2.33. The number of carbonyl (C=O) groups excluding carboxylic acids is 3. The van der Waals surface area contributed by atoms with Crippen LogP contribution in [0.15, 0.2) is 53.4 Å². The Kier molecular flexibility index (Phi) is 6.95. The first-order chi connectivity index (χ1) is 14.4. The van der Waals surface area contributed by atoms with Crippen molar-refractivity contribution in [2.45, 2.75) is 26.9 Å². The van der Waals surface area contributed by atoms with Crippen molar-refractivity contribution in [3.05, 3.63) is 64.6 Å². The van der Waals surface area contributed by atoms with Crippen molar-refractivity contribution in [1.29, 1.82) is 0 Å². The number of hydrogen-bond acceptors (Lipinski definition) is 6. The highest BCUT2D eigenvalue weighted by molar-refractivity contribution is 8.18. The van der Waals surface area contributed by atoms with Gasteiger partial charge in [-0.15, -0.1) is 0 Å². The predicted octanol–water partition coefficient (Wildman–Crippen LogP) is 4.79. The molecular weight excluding hydrogens is 402 g/mol. The average molecular weight is 426 g/mol. The Hall–Kier alpha value is -3.06. The number of amides is 2. The lowest BCUT2D eigenvalue weighted by atomic mass is 10.1. The van der Waals surface area contributed by atoms with Crippen LogP contribution in [0.1, 0.15) is 36.7 Å². The molecule has 0 aliphatic carbocycles. The fourth-order valence-corrected chi connectivity index (χ4v) is 3.72. The molecule has 0 aromatic heterocycles. The standard InChI is InChI=1S/C23H23NO5S/c1-4-28-20-12-16(10-11-19(20)29-15(2)3)13-21-22(26)24(23(27)30-21)14-18(25)17-8-6-5-7-9-17/h5-13,15H,4,14H2,1-3H3/b21-13+. The van der Waals surface area contributed by atoms with Crippen LogP contribution in [0.5, 0.6) is 11.5 Å². The van der Waals surface area contributed by atoms with E-state index in [0.717, 1.165) is 16.7 Å². The van der Waals surface area contributed by atoms with Crippen molar-refractivity contribution in [3.63, 3.8) is 0 Å². The van der Waals surface area contributed by atoms with Gasteiger partial charge in [-0.25, -0.2) is 0 Å². The molecule has 30 heavy (non-hydrogen) atoms. The molecule has 0 atom stereocenters. The number of imide groups is 1. The number of ether oxygens (including phenoxy) is 2. The van der Waals surface area contributed by atoms with Crippen LogP contribution in [0, 0.1) is 0 Å². The van der Waals surface area contributed by atoms with E-state index in [2.05, 4.69) is 0 Å². The van der Waals surface area contributed by atoms with Crippen LogP contribution < -0.4 is 9.47 Å². The molecule has 1 fully saturated rings. The molecule has 6 nitrogen and oxygen atoms in total. The number of carbonyl (C=O) groups is 3. The summed E-state index contributed by atoms with van der Waals surface area (Å²) >= 11 is 0.822. The van der Waals surface area contributed by atoms with E-state index in [9.17, 15) is 14.4 Å². The van der Waals surface area contributed by atoms with E-state index in [1.54, 1.807) is 54.6 Å². The van der Waals surface area contributed by atoms with Crippen molar-refractivity contribution in [2.24, 2.45) is 0 Å². The third-order valence-corrected chi connectivity index (χ3v) is 5.11.